The van der Waals surface area contributed by atoms with Crippen molar-refractivity contribution in [3.05, 3.63) is 35.4 Å². The smallest absolute Gasteiger partial charge is 0.325 e. The summed E-state index contributed by atoms with van der Waals surface area (Å²) < 4.78 is 15.4. The van der Waals surface area contributed by atoms with Gasteiger partial charge in [0.2, 0.25) is 5.91 Å². The molecule has 1 aromatic rings. The Kier molecular flexibility index (Phi) is 10.8. The SMILES string of the molecule is CC.COC(=O)CN(Cc1ccccc1C(OC)OC)C(=O)C(C)(C)C. The van der Waals surface area contributed by atoms with Crippen LogP contribution in [0.2, 0.25) is 0 Å². The lowest BCUT2D eigenvalue weighted by Crippen LogP contribution is -2.42. The van der Waals surface area contributed by atoms with Crippen molar-refractivity contribution in [3.8, 4) is 0 Å². The topological polar surface area (TPSA) is 65.1 Å². The molecule has 0 bridgehead atoms. The summed E-state index contributed by atoms with van der Waals surface area (Å²) in [4.78, 5) is 25.9. The van der Waals surface area contributed by atoms with E-state index in [9.17, 15) is 9.59 Å². The number of nitrogens with zero attached hydrogens (tertiary/aromatic N) is 1. The summed E-state index contributed by atoms with van der Waals surface area (Å²) >= 11 is 0. The van der Waals surface area contributed by atoms with E-state index in [0.29, 0.717) is 0 Å². The molecule has 0 unspecified atom stereocenters. The van der Waals surface area contributed by atoms with Crippen LogP contribution in [-0.4, -0.2) is 44.7 Å². The maximum Gasteiger partial charge on any atom is 0.325 e. The highest BCUT2D eigenvalue weighted by Gasteiger charge is 2.29. The predicted molar refractivity (Wildman–Crippen MR) is 101 cm³/mol. The minimum Gasteiger partial charge on any atom is -0.468 e. The third-order valence-corrected chi connectivity index (χ3v) is 3.57. The van der Waals surface area contributed by atoms with Crippen LogP contribution < -0.4 is 0 Å². The van der Waals surface area contributed by atoms with Gasteiger partial charge in [0, 0.05) is 31.7 Å². The van der Waals surface area contributed by atoms with Crippen LogP contribution in [0.15, 0.2) is 24.3 Å². The van der Waals surface area contributed by atoms with Gasteiger partial charge < -0.3 is 19.1 Å². The maximum atomic E-state index is 12.7. The Labute approximate surface area is 157 Å². The van der Waals surface area contributed by atoms with E-state index >= 15 is 0 Å². The van der Waals surface area contributed by atoms with Crippen LogP contribution in [0.4, 0.5) is 0 Å². The van der Waals surface area contributed by atoms with Gasteiger partial charge in [-0.15, -0.1) is 0 Å². The molecule has 0 heterocycles. The number of benzene rings is 1. The van der Waals surface area contributed by atoms with E-state index in [-0.39, 0.29) is 19.0 Å². The Morgan fingerprint density at radius 1 is 1.04 bits per heavy atom. The van der Waals surface area contributed by atoms with Gasteiger partial charge >= 0.3 is 5.97 Å². The molecule has 0 saturated carbocycles. The number of amides is 1. The van der Waals surface area contributed by atoms with E-state index in [2.05, 4.69) is 0 Å². The van der Waals surface area contributed by atoms with Crippen molar-refractivity contribution in [2.75, 3.05) is 27.9 Å². The second kappa shape index (κ2) is 11.6. The number of ether oxygens (including phenoxy) is 3. The van der Waals surface area contributed by atoms with Crippen molar-refractivity contribution in [1.29, 1.82) is 0 Å². The van der Waals surface area contributed by atoms with E-state index in [4.69, 9.17) is 14.2 Å². The predicted octanol–water partition coefficient (Wildman–Crippen LogP) is 3.55. The van der Waals surface area contributed by atoms with Gasteiger partial charge in [-0.2, -0.15) is 0 Å². The molecule has 0 spiro atoms. The third-order valence-electron chi connectivity index (χ3n) is 3.57. The standard InChI is InChI=1S/C18H27NO5.C2H6/c1-18(2,3)17(21)19(12-15(20)22-4)11-13-9-7-8-10-14(13)16(23-5)24-6;1-2/h7-10,16H,11-12H2,1-6H3;1-2H3. The molecule has 6 heteroatoms. The second-order valence-corrected chi connectivity index (χ2v) is 6.49. The highest BCUT2D eigenvalue weighted by atomic mass is 16.7. The molecule has 0 N–H and O–H groups in total. The van der Waals surface area contributed by atoms with Crippen molar-refractivity contribution < 1.29 is 23.8 Å². The molecule has 6 nitrogen and oxygen atoms in total. The monoisotopic (exact) mass is 367 g/mol. The Balaban J connectivity index is 0.00000301. The van der Waals surface area contributed by atoms with Crippen molar-refractivity contribution >= 4 is 11.9 Å². The molecular formula is C20H33NO5. The fourth-order valence-electron chi connectivity index (χ4n) is 2.36. The van der Waals surface area contributed by atoms with Crippen molar-refractivity contribution in [2.45, 2.75) is 47.5 Å². The second-order valence-electron chi connectivity index (χ2n) is 6.49. The highest BCUT2D eigenvalue weighted by Crippen LogP contribution is 2.25. The molecule has 1 amide bonds. The normalized spacial score (nSPS) is 10.8. The molecule has 0 aliphatic heterocycles. The first-order valence-corrected chi connectivity index (χ1v) is 8.74. The van der Waals surface area contributed by atoms with Crippen LogP contribution >= 0.6 is 0 Å². The first-order chi connectivity index (χ1) is 12.2. The van der Waals surface area contributed by atoms with Gasteiger partial charge in [0.1, 0.15) is 6.54 Å². The molecule has 26 heavy (non-hydrogen) atoms. The summed E-state index contributed by atoms with van der Waals surface area (Å²) in [6.45, 7) is 9.62. The molecule has 1 aromatic carbocycles. The Hall–Kier alpha value is -1.92. The van der Waals surface area contributed by atoms with E-state index in [0.717, 1.165) is 11.1 Å². The number of hydrogen-bond acceptors (Lipinski definition) is 5. The molecule has 0 aliphatic carbocycles. The number of methoxy groups -OCH3 is 3. The van der Waals surface area contributed by atoms with Gasteiger partial charge in [-0.3, -0.25) is 9.59 Å². The molecule has 148 valence electrons. The molecule has 0 atom stereocenters. The van der Waals surface area contributed by atoms with Crippen LogP contribution in [0.5, 0.6) is 0 Å². The number of carbonyl (C=O) groups excluding carboxylic acids is 2. The molecule has 0 radical (unpaired) electrons. The summed E-state index contributed by atoms with van der Waals surface area (Å²) in [5.41, 5.74) is 1.07. The number of esters is 1. The summed E-state index contributed by atoms with van der Waals surface area (Å²) in [6, 6.07) is 7.52. The summed E-state index contributed by atoms with van der Waals surface area (Å²) in [7, 11) is 4.41. The van der Waals surface area contributed by atoms with Crippen molar-refractivity contribution in [2.24, 2.45) is 5.41 Å². The fraction of sp³-hybridized carbons (Fsp3) is 0.600. The highest BCUT2D eigenvalue weighted by molar-refractivity contribution is 5.85. The minimum atomic E-state index is -0.606. The van der Waals surface area contributed by atoms with Gasteiger partial charge in [-0.25, -0.2) is 0 Å². The maximum absolute atomic E-state index is 12.7. The molecule has 0 fully saturated rings. The van der Waals surface area contributed by atoms with Crippen LogP contribution in [-0.2, 0) is 30.3 Å². The molecule has 0 saturated heterocycles. The van der Waals surface area contributed by atoms with Crippen LogP contribution in [0, 0.1) is 5.41 Å². The van der Waals surface area contributed by atoms with E-state index in [1.807, 2.05) is 58.9 Å². The van der Waals surface area contributed by atoms with E-state index in [1.54, 1.807) is 14.2 Å². The summed E-state index contributed by atoms with van der Waals surface area (Å²) in [6.07, 6.45) is -0.536. The van der Waals surface area contributed by atoms with E-state index < -0.39 is 17.7 Å². The molecule has 0 aromatic heterocycles. The van der Waals surface area contributed by atoms with Crippen molar-refractivity contribution in [1.82, 2.24) is 4.90 Å². The average Bonchev–Trinajstić information content (AvgIpc) is 2.63. The van der Waals surface area contributed by atoms with Gasteiger partial charge in [-0.05, 0) is 5.56 Å². The lowest BCUT2D eigenvalue weighted by Gasteiger charge is -2.30. The number of rotatable bonds is 7. The Morgan fingerprint density at radius 2 is 1.58 bits per heavy atom. The third kappa shape index (κ3) is 7.14. The quantitative estimate of drug-likeness (QED) is 0.545. The zero-order valence-corrected chi connectivity index (χ0v) is 17.3. The zero-order valence-electron chi connectivity index (χ0n) is 17.3. The largest absolute Gasteiger partial charge is 0.468 e. The van der Waals surface area contributed by atoms with Gasteiger partial charge in [0.25, 0.3) is 0 Å². The molecular weight excluding hydrogens is 334 g/mol. The minimum absolute atomic E-state index is 0.106. The van der Waals surface area contributed by atoms with Crippen LogP contribution in [0.25, 0.3) is 0 Å². The molecule has 1 rings (SSSR count). The van der Waals surface area contributed by atoms with Crippen molar-refractivity contribution in [3.63, 3.8) is 0 Å². The lowest BCUT2D eigenvalue weighted by molar-refractivity contribution is -0.150. The Morgan fingerprint density at radius 3 is 2.04 bits per heavy atom. The van der Waals surface area contributed by atoms with Gasteiger partial charge in [0.05, 0.1) is 7.11 Å². The average molecular weight is 367 g/mol. The van der Waals surface area contributed by atoms with Crippen LogP contribution in [0.1, 0.15) is 52.0 Å². The molecule has 0 aliphatic rings. The first-order valence-electron chi connectivity index (χ1n) is 8.74. The van der Waals surface area contributed by atoms with Gasteiger partial charge in [-0.1, -0.05) is 58.9 Å². The lowest BCUT2D eigenvalue weighted by atomic mass is 9.94. The van der Waals surface area contributed by atoms with Gasteiger partial charge in [0.15, 0.2) is 6.29 Å². The number of carbonyl (C=O) groups is 2. The number of hydrogen-bond donors (Lipinski definition) is 0. The Bertz CT molecular complexity index is 562. The van der Waals surface area contributed by atoms with Crippen LogP contribution in [0.3, 0.4) is 0 Å². The van der Waals surface area contributed by atoms with E-state index in [1.165, 1.54) is 12.0 Å². The zero-order chi connectivity index (χ0) is 20.3. The summed E-state index contributed by atoms with van der Waals surface area (Å²) in [5, 5.41) is 0. The first kappa shape index (κ1) is 24.1. The summed E-state index contributed by atoms with van der Waals surface area (Å²) in [5.74, 6) is -0.589. The fourth-order valence-corrected chi connectivity index (χ4v) is 2.36.